The van der Waals surface area contributed by atoms with Crippen molar-refractivity contribution in [3.05, 3.63) is 35.9 Å². The van der Waals surface area contributed by atoms with Crippen molar-refractivity contribution >= 4 is 15.9 Å². The highest BCUT2D eigenvalue weighted by Gasteiger charge is 2.19. The Morgan fingerprint density at radius 2 is 1.53 bits per heavy atom. The van der Waals surface area contributed by atoms with Crippen molar-refractivity contribution in [2.45, 2.75) is 56.2 Å². The zero-order valence-corrected chi connectivity index (χ0v) is 12.2. The molecule has 2 rings (SSSR count). The van der Waals surface area contributed by atoms with Crippen LogP contribution in [0.4, 0.5) is 0 Å². The van der Waals surface area contributed by atoms with Crippen LogP contribution in [0.3, 0.4) is 0 Å². The summed E-state index contributed by atoms with van der Waals surface area (Å²) in [4.78, 5) is 0.669. The lowest BCUT2D eigenvalue weighted by atomic mass is 9.87. The molecule has 0 bridgehead atoms. The molecule has 94 valence electrons. The second-order valence-electron chi connectivity index (χ2n) is 5.31. The average molecular weight is 295 g/mol. The van der Waals surface area contributed by atoms with E-state index in [1.165, 1.54) is 56.9 Å². The Morgan fingerprint density at radius 3 is 2.18 bits per heavy atom. The van der Waals surface area contributed by atoms with Gasteiger partial charge in [0.25, 0.3) is 0 Å². The van der Waals surface area contributed by atoms with Gasteiger partial charge in [0.15, 0.2) is 0 Å². The summed E-state index contributed by atoms with van der Waals surface area (Å²) in [6, 6.07) is 10.9. The molecular weight excluding hydrogens is 272 g/mol. The van der Waals surface area contributed by atoms with E-state index in [0.29, 0.717) is 4.83 Å². The highest BCUT2D eigenvalue weighted by atomic mass is 79.9. The van der Waals surface area contributed by atoms with Gasteiger partial charge in [-0.15, -0.1) is 0 Å². The van der Waals surface area contributed by atoms with Gasteiger partial charge in [0.1, 0.15) is 0 Å². The number of benzene rings is 1. The summed E-state index contributed by atoms with van der Waals surface area (Å²) in [5, 5.41) is 0. The average Bonchev–Trinajstić information content (AvgIpc) is 2.29. The van der Waals surface area contributed by atoms with Crippen LogP contribution in [0.25, 0.3) is 0 Å². The number of rotatable bonds is 3. The predicted octanol–water partition coefficient (Wildman–Crippen LogP) is 5.35. The molecule has 0 radical (unpaired) electrons. The molecule has 0 amide bonds. The zero-order valence-electron chi connectivity index (χ0n) is 10.6. The smallest absolute Gasteiger partial charge is 0.0214 e. The topological polar surface area (TPSA) is 0 Å². The van der Waals surface area contributed by atoms with E-state index in [9.17, 15) is 0 Å². The molecule has 1 aliphatic carbocycles. The highest BCUT2D eigenvalue weighted by molar-refractivity contribution is 9.09. The largest absolute Gasteiger partial charge is 0.0884 e. The van der Waals surface area contributed by atoms with Crippen molar-refractivity contribution in [1.82, 2.24) is 0 Å². The first kappa shape index (κ1) is 13.1. The lowest BCUT2D eigenvalue weighted by Gasteiger charge is -2.24. The maximum absolute atomic E-state index is 3.94. The van der Waals surface area contributed by atoms with Crippen LogP contribution >= 0.6 is 15.9 Å². The summed E-state index contributed by atoms with van der Waals surface area (Å²) in [6.07, 6.45) is 11.2. The molecule has 1 aliphatic rings. The maximum Gasteiger partial charge on any atom is 0.0214 e. The molecule has 0 nitrogen and oxygen atoms in total. The highest BCUT2D eigenvalue weighted by Crippen LogP contribution is 2.30. The minimum absolute atomic E-state index is 0.669. The first-order valence-corrected chi connectivity index (χ1v) is 7.96. The number of halogens is 1. The lowest BCUT2D eigenvalue weighted by molar-refractivity contribution is 0.370. The van der Waals surface area contributed by atoms with E-state index < -0.39 is 0 Å². The molecular formula is C16H23Br. The molecule has 0 heterocycles. The normalized spacial score (nSPS) is 20.5. The molecule has 1 aromatic carbocycles. The molecule has 0 aliphatic heterocycles. The van der Waals surface area contributed by atoms with E-state index in [1.807, 2.05) is 0 Å². The Hall–Kier alpha value is -0.300. The SMILES string of the molecule is BrC(Cc1ccccc1)C1CCCCCCC1. The van der Waals surface area contributed by atoms with Crippen LogP contribution in [-0.2, 0) is 6.42 Å². The van der Waals surface area contributed by atoms with Crippen LogP contribution in [0.5, 0.6) is 0 Å². The third kappa shape index (κ3) is 4.46. The molecule has 1 atom stereocenters. The third-order valence-electron chi connectivity index (χ3n) is 3.93. The van der Waals surface area contributed by atoms with Crippen molar-refractivity contribution < 1.29 is 0 Å². The van der Waals surface area contributed by atoms with Gasteiger partial charge in [0.05, 0.1) is 0 Å². The van der Waals surface area contributed by atoms with E-state index >= 15 is 0 Å². The molecule has 0 N–H and O–H groups in total. The molecule has 1 heteroatoms. The summed E-state index contributed by atoms with van der Waals surface area (Å²) in [7, 11) is 0. The van der Waals surface area contributed by atoms with Gasteiger partial charge in [-0.25, -0.2) is 0 Å². The van der Waals surface area contributed by atoms with Gasteiger partial charge < -0.3 is 0 Å². The molecule has 1 saturated carbocycles. The van der Waals surface area contributed by atoms with Crippen molar-refractivity contribution in [3.8, 4) is 0 Å². The van der Waals surface area contributed by atoms with Crippen molar-refractivity contribution in [2.75, 3.05) is 0 Å². The van der Waals surface area contributed by atoms with Gasteiger partial charge in [-0.2, -0.15) is 0 Å². The summed E-state index contributed by atoms with van der Waals surface area (Å²) >= 11 is 3.94. The summed E-state index contributed by atoms with van der Waals surface area (Å²) in [5.41, 5.74) is 1.47. The summed E-state index contributed by atoms with van der Waals surface area (Å²) in [6.45, 7) is 0. The molecule has 1 aromatic rings. The van der Waals surface area contributed by atoms with Crippen molar-refractivity contribution in [3.63, 3.8) is 0 Å². The second-order valence-corrected chi connectivity index (χ2v) is 6.49. The van der Waals surface area contributed by atoms with E-state index in [-0.39, 0.29) is 0 Å². The van der Waals surface area contributed by atoms with Gasteiger partial charge >= 0.3 is 0 Å². The number of hydrogen-bond acceptors (Lipinski definition) is 0. The van der Waals surface area contributed by atoms with Gasteiger partial charge in [-0.05, 0) is 30.7 Å². The molecule has 0 saturated heterocycles. The second kappa shape index (κ2) is 7.20. The third-order valence-corrected chi connectivity index (χ3v) is 5.01. The van der Waals surface area contributed by atoms with Crippen molar-refractivity contribution in [1.29, 1.82) is 0 Å². The van der Waals surface area contributed by atoms with Gasteiger partial charge in [0.2, 0.25) is 0 Å². The lowest BCUT2D eigenvalue weighted by Crippen LogP contribution is -2.18. The Kier molecular flexibility index (Phi) is 5.57. The summed E-state index contributed by atoms with van der Waals surface area (Å²) in [5.74, 6) is 0.885. The summed E-state index contributed by atoms with van der Waals surface area (Å²) < 4.78 is 0. The fourth-order valence-corrected chi connectivity index (χ4v) is 3.76. The fourth-order valence-electron chi connectivity index (χ4n) is 2.86. The van der Waals surface area contributed by atoms with Crippen LogP contribution in [0.15, 0.2) is 30.3 Å². The van der Waals surface area contributed by atoms with E-state index in [4.69, 9.17) is 0 Å². The van der Waals surface area contributed by atoms with Crippen LogP contribution < -0.4 is 0 Å². The van der Waals surface area contributed by atoms with E-state index in [2.05, 4.69) is 46.3 Å². The minimum atomic E-state index is 0.669. The van der Waals surface area contributed by atoms with E-state index in [1.54, 1.807) is 0 Å². The minimum Gasteiger partial charge on any atom is -0.0884 e. The monoisotopic (exact) mass is 294 g/mol. The predicted molar refractivity (Wildman–Crippen MR) is 78.7 cm³/mol. The van der Waals surface area contributed by atoms with Crippen LogP contribution in [0.2, 0.25) is 0 Å². The first-order chi connectivity index (χ1) is 8.36. The Morgan fingerprint density at radius 1 is 0.941 bits per heavy atom. The Bertz CT molecular complexity index is 299. The molecule has 1 fully saturated rings. The van der Waals surface area contributed by atoms with Crippen LogP contribution in [0, 0.1) is 5.92 Å². The number of alkyl halides is 1. The molecule has 0 aromatic heterocycles. The van der Waals surface area contributed by atoms with E-state index in [0.717, 1.165) is 5.92 Å². The Labute approximate surface area is 114 Å². The van der Waals surface area contributed by atoms with Gasteiger partial charge in [0, 0.05) is 4.83 Å². The van der Waals surface area contributed by atoms with Crippen LogP contribution in [-0.4, -0.2) is 4.83 Å². The first-order valence-electron chi connectivity index (χ1n) is 7.04. The van der Waals surface area contributed by atoms with Gasteiger partial charge in [-0.3, -0.25) is 0 Å². The molecule has 1 unspecified atom stereocenters. The van der Waals surface area contributed by atoms with Crippen LogP contribution in [0.1, 0.15) is 50.5 Å². The Balaban J connectivity index is 1.87. The van der Waals surface area contributed by atoms with Crippen molar-refractivity contribution in [2.24, 2.45) is 5.92 Å². The molecule has 17 heavy (non-hydrogen) atoms. The molecule has 0 spiro atoms. The fraction of sp³-hybridized carbons (Fsp3) is 0.625. The standard InChI is InChI=1S/C16H23Br/c17-16(13-14-9-5-4-6-10-14)15-11-7-2-1-3-8-12-15/h4-6,9-10,15-16H,1-3,7-8,11-13H2. The van der Waals surface area contributed by atoms with Gasteiger partial charge in [-0.1, -0.05) is 78.4 Å². The maximum atomic E-state index is 3.94. The quantitative estimate of drug-likeness (QED) is 0.659. The zero-order chi connectivity index (χ0) is 11.9. The number of hydrogen-bond donors (Lipinski definition) is 0.